The molecular weight excluding hydrogens is 194 g/mol. The van der Waals surface area contributed by atoms with Gasteiger partial charge in [-0.15, -0.1) is 0 Å². The molecule has 2 rings (SSSR count). The highest BCUT2D eigenvalue weighted by Gasteiger charge is 2.39. The van der Waals surface area contributed by atoms with Crippen LogP contribution < -0.4 is 11.4 Å². The Bertz CT molecular complexity index is 546. The van der Waals surface area contributed by atoms with E-state index in [4.69, 9.17) is 0 Å². The summed E-state index contributed by atoms with van der Waals surface area (Å²) in [6.45, 7) is 11.5. The van der Waals surface area contributed by atoms with Gasteiger partial charge in [-0.3, -0.25) is 0 Å². The highest BCUT2D eigenvalue weighted by Crippen LogP contribution is 2.41. The van der Waals surface area contributed by atoms with Gasteiger partial charge in [-0.25, -0.2) is 14.2 Å². The molecule has 1 aromatic heterocycles. The van der Waals surface area contributed by atoms with Crippen LogP contribution in [0.4, 0.5) is 0 Å². The minimum atomic E-state index is -0.452. The summed E-state index contributed by atoms with van der Waals surface area (Å²) in [5.41, 5.74) is -0.0501. The van der Waals surface area contributed by atoms with Gasteiger partial charge in [0.25, 0.3) is 0 Å². The van der Waals surface area contributed by atoms with E-state index in [9.17, 15) is 9.59 Å². The quantitative estimate of drug-likeness (QED) is 0.615. The third kappa shape index (κ3) is 0.874. The zero-order valence-electron chi connectivity index (χ0n) is 9.07. The second kappa shape index (κ2) is 2.42. The average molecular weight is 207 g/mol. The van der Waals surface area contributed by atoms with Crippen LogP contribution >= 0.6 is 0 Å². The predicted octanol–water partition coefficient (Wildman–Crippen LogP) is 0.330. The van der Waals surface area contributed by atoms with Crippen molar-refractivity contribution in [3.8, 4) is 0 Å². The van der Waals surface area contributed by atoms with E-state index in [0.29, 0.717) is 11.4 Å². The molecule has 0 unspecified atom stereocenters. The summed E-state index contributed by atoms with van der Waals surface area (Å²) in [6, 6.07) is 0. The van der Waals surface area contributed by atoms with Gasteiger partial charge in [0, 0.05) is 12.5 Å². The van der Waals surface area contributed by atoms with E-state index in [1.54, 1.807) is 0 Å². The number of allylic oxidation sites excluding steroid dienone is 2. The van der Waals surface area contributed by atoms with Crippen molar-refractivity contribution in [2.75, 3.05) is 0 Å². The van der Waals surface area contributed by atoms with Gasteiger partial charge in [-0.05, 0) is 13.8 Å². The molecule has 0 N–H and O–H groups in total. The lowest BCUT2D eigenvalue weighted by Gasteiger charge is -2.18. The summed E-state index contributed by atoms with van der Waals surface area (Å²) in [7, 11) is 1.44. The smallest absolute Gasteiger partial charge is 0.246 e. The second-order valence-corrected chi connectivity index (χ2v) is 4.27. The largest absolute Gasteiger partial charge is 0.351 e. The van der Waals surface area contributed by atoms with E-state index in [2.05, 4.69) is 13.2 Å². The van der Waals surface area contributed by atoms with Crippen LogP contribution in [0.1, 0.15) is 13.8 Å². The lowest BCUT2D eigenvalue weighted by molar-refractivity contribution is 0.655. The lowest BCUT2D eigenvalue weighted by atomic mass is 9.88. The summed E-state index contributed by atoms with van der Waals surface area (Å²) < 4.78 is 3.61. The summed E-state index contributed by atoms with van der Waals surface area (Å²) in [4.78, 5) is 23.5. The molecule has 0 aromatic carbocycles. The molecule has 0 atom stereocenters. The molecule has 1 aliphatic rings. The van der Waals surface area contributed by atoms with E-state index in [1.165, 1.54) is 16.4 Å². The van der Waals surface area contributed by atoms with E-state index in [0.717, 1.165) is 4.57 Å². The van der Waals surface area contributed by atoms with E-state index in [-0.39, 0.29) is 11.4 Å². The molecule has 0 bridgehead atoms. The molecule has 1 aromatic rings. The highest BCUT2D eigenvalue weighted by molar-refractivity contribution is 5.72. The van der Waals surface area contributed by atoms with Gasteiger partial charge in [0.2, 0.25) is 0 Å². The molecule has 0 fully saturated rings. The fraction of sp³-hybridized carbons (Fsp3) is 0.400. The Morgan fingerprint density at radius 2 is 1.33 bits per heavy atom. The molecule has 0 saturated carbocycles. The van der Waals surface area contributed by atoms with E-state index in [1.807, 2.05) is 13.8 Å². The Balaban J connectivity index is 2.96. The van der Waals surface area contributed by atoms with Crippen molar-refractivity contribution >= 4 is 11.4 Å². The van der Waals surface area contributed by atoms with Crippen LogP contribution in [-0.4, -0.2) is 13.9 Å². The van der Waals surface area contributed by atoms with Crippen LogP contribution in [0.25, 0.3) is 11.4 Å². The fourth-order valence-electron chi connectivity index (χ4n) is 1.71. The van der Waals surface area contributed by atoms with Crippen LogP contribution in [0.3, 0.4) is 0 Å². The summed E-state index contributed by atoms with van der Waals surface area (Å²) in [5, 5.41) is 0. The van der Waals surface area contributed by atoms with Gasteiger partial charge in [-0.1, -0.05) is 13.2 Å². The summed E-state index contributed by atoms with van der Waals surface area (Å²) >= 11 is 0. The normalized spacial score (nSPS) is 18.3. The Hall–Kier alpha value is -1.78. The molecular formula is C10H13N3O2. The molecule has 80 valence electrons. The first-order chi connectivity index (χ1) is 6.80. The molecule has 0 aliphatic carbocycles. The number of hydrogen-bond donors (Lipinski definition) is 0. The lowest BCUT2D eigenvalue weighted by Crippen LogP contribution is -2.29. The van der Waals surface area contributed by atoms with Crippen molar-refractivity contribution in [3.63, 3.8) is 0 Å². The van der Waals surface area contributed by atoms with Gasteiger partial charge in [0.1, 0.15) is 0 Å². The van der Waals surface area contributed by atoms with Crippen molar-refractivity contribution in [1.82, 2.24) is 13.9 Å². The van der Waals surface area contributed by atoms with Crippen LogP contribution in [0, 0.1) is 5.41 Å². The topological polar surface area (TPSA) is 48.9 Å². The first-order valence-corrected chi connectivity index (χ1v) is 4.60. The van der Waals surface area contributed by atoms with Crippen molar-refractivity contribution < 1.29 is 0 Å². The third-order valence-electron chi connectivity index (χ3n) is 3.09. The SMILES string of the molecule is C=C1n2c(=O)n(C)c(=O)n2C(=C)C1(C)C. The number of nitrogens with zero attached hydrogens (tertiary/aromatic N) is 3. The highest BCUT2D eigenvalue weighted by atomic mass is 16.2. The van der Waals surface area contributed by atoms with Gasteiger partial charge in [0.05, 0.1) is 11.4 Å². The Morgan fingerprint density at radius 3 is 1.67 bits per heavy atom. The molecule has 2 heterocycles. The van der Waals surface area contributed by atoms with Gasteiger partial charge >= 0.3 is 11.4 Å². The molecule has 1 aliphatic heterocycles. The minimum absolute atomic E-state index is 0.378. The third-order valence-corrected chi connectivity index (χ3v) is 3.09. The van der Waals surface area contributed by atoms with Crippen LogP contribution in [0.2, 0.25) is 0 Å². The predicted molar refractivity (Wildman–Crippen MR) is 58.4 cm³/mol. The maximum absolute atomic E-state index is 11.7. The fourth-order valence-corrected chi connectivity index (χ4v) is 1.71. The number of hydrogen-bond acceptors (Lipinski definition) is 2. The van der Waals surface area contributed by atoms with Crippen LogP contribution in [-0.2, 0) is 7.05 Å². The summed E-state index contributed by atoms with van der Waals surface area (Å²) in [5.74, 6) is 0. The van der Waals surface area contributed by atoms with Crippen molar-refractivity contribution in [2.45, 2.75) is 13.8 Å². The first kappa shape index (κ1) is 9.76. The van der Waals surface area contributed by atoms with Gasteiger partial charge < -0.3 is 0 Å². The maximum atomic E-state index is 11.7. The number of rotatable bonds is 0. The standard InChI is InChI=1S/C10H13N3O2/c1-6-10(3,4)7(2)13-9(15)11(5)8(14)12(6)13/h1-2H2,3-5H3. The Morgan fingerprint density at radius 1 is 1.00 bits per heavy atom. The molecule has 5 heteroatoms. The van der Waals surface area contributed by atoms with Crippen LogP contribution in [0.5, 0.6) is 0 Å². The Labute approximate surface area is 86.5 Å². The number of fused-ring (bicyclic) bond motifs is 1. The van der Waals surface area contributed by atoms with E-state index < -0.39 is 5.41 Å². The van der Waals surface area contributed by atoms with Gasteiger partial charge in [0.15, 0.2) is 0 Å². The molecule has 0 spiro atoms. The second-order valence-electron chi connectivity index (χ2n) is 4.27. The van der Waals surface area contributed by atoms with Crippen molar-refractivity contribution in [1.29, 1.82) is 0 Å². The molecule has 0 amide bonds. The van der Waals surface area contributed by atoms with Crippen LogP contribution in [0.15, 0.2) is 22.7 Å². The zero-order valence-corrected chi connectivity index (χ0v) is 9.07. The molecule has 5 nitrogen and oxygen atoms in total. The zero-order chi connectivity index (χ0) is 11.5. The molecule has 15 heavy (non-hydrogen) atoms. The van der Waals surface area contributed by atoms with Crippen molar-refractivity contribution in [2.24, 2.45) is 12.5 Å². The summed E-state index contributed by atoms with van der Waals surface area (Å²) in [6.07, 6.45) is 0. The minimum Gasteiger partial charge on any atom is -0.246 e. The monoisotopic (exact) mass is 207 g/mol. The molecule has 0 radical (unpaired) electrons. The maximum Gasteiger partial charge on any atom is 0.351 e. The molecule has 0 saturated heterocycles. The average Bonchev–Trinajstić information content (AvgIpc) is 2.49. The van der Waals surface area contributed by atoms with Crippen molar-refractivity contribution in [3.05, 3.63) is 34.1 Å². The Kier molecular flexibility index (Phi) is 1.57. The van der Waals surface area contributed by atoms with Gasteiger partial charge in [-0.2, -0.15) is 9.36 Å². The number of aromatic nitrogens is 3. The van der Waals surface area contributed by atoms with E-state index >= 15 is 0 Å². The first-order valence-electron chi connectivity index (χ1n) is 4.60.